The number of halogens is 2. The maximum absolute atomic E-state index is 13.8. The summed E-state index contributed by atoms with van der Waals surface area (Å²) >= 11 is 2.67. The summed E-state index contributed by atoms with van der Waals surface area (Å²) in [6.07, 6.45) is 3.41. The molecule has 0 radical (unpaired) electrons. The molecule has 1 aliphatic heterocycles. The van der Waals surface area contributed by atoms with Gasteiger partial charge in [-0.3, -0.25) is 9.78 Å². The number of carbonyl (C=O) groups excluding carboxylic acids is 1. The Morgan fingerprint density at radius 3 is 2.65 bits per heavy atom. The number of rotatable bonds is 5. The zero-order chi connectivity index (χ0) is 21.4. The summed E-state index contributed by atoms with van der Waals surface area (Å²) < 4.78 is 29.9. The highest BCUT2D eigenvalue weighted by Crippen LogP contribution is 2.36. The van der Waals surface area contributed by atoms with Crippen LogP contribution < -0.4 is 10.0 Å². The zero-order valence-corrected chi connectivity index (χ0v) is 17.6. The third-order valence-electron chi connectivity index (χ3n) is 4.88. The van der Waals surface area contributed by atoms with Crippen molar-refractivity contribution < 1.29 is 13.6 Å². The molecule has 0 bridgehead atoms. The number of hydrogen-bond acceptors (Lipinski definition) is 5. The van der Waals surface area contributed by atoms with Crippen molar-refractivity contribution in [1.29, 1.82) is 0 Å². The van der Waals surface area contributed by atoms with Crippen molar-refractivity contribution >= 4 is 34.9 Å². The molecule has 0 saturated heterocycles. The Hall–Kier alpha value is -3.23. The van der Waals surface area contributed by atoms with Gasteiger partial charge < -0.3 is 10.0 Å². The fourth-order valence-corrected chi connectivity index (χ4v) is 4.93. The highest BCUT2D eigenvalue weighted by Gasteiger charge is 2.19. The van der Waals surface area contributed by atoms with Crippen molar-refractivity contribution in [3.05, 3.63) is 89.8 Å². The monoisotopic (exact) mass is 451 g/mol. The molecule has 5 rings (SSSR count). The van der Waals surface area contributed by atoms with Gasteiger partial charge in [-0.05, 0) is 59.5 Å². The first-order chi connectivity index (χ1) is 15.1. The minimum absolute atomic E-state index is 0.0355. The maximum Gasteiger partial charge on any atom is 0.251 e. The maximum atomic E-state index is 13.8. The molecule has 3 heterocycles. The highest BCUT2D eigenvalue weighted by atomic mass is 32.2. The molecule has 0 saturated carbocycles. The van der Waals surface area contributed by atoms with E-state index in [9.17, 15) is 13.6 Å². The smallest absolute Gasteiger partial charge is 0.251 e. The first kappa shape index (κ1) is 19.7. The van der Waals surface area contributed by atoms with E-state index in [0.717, 1.165) is 50.0 Å². The molecule has 2 N–H and O–H groups in total. The molecule has 4 aromatic rings. The van der Waals surface area contributed by atoms with Crippen LogP contribution >= 0.6 is 23.3 Å². The SMILES string of the molecule is O=C1NCc2ccc(-c3ccc(-c4cncc(NSc5ccc(F)cc5F)c4)s3)cc21. The van der Waals surface area contributed by atoms with Gasteiger partial charge in [-0.15, -0.1) is 11.3 Å². The van der Waals surface area contributed by atoms with Gasteiger partial charge in [-0.25, -0.2) is 8.78 Å². The fraction of sp³-hybridized carbons (Fsp3) is 0.0435. The number of pyridine rings is 1. The van der Waals surface area contributed by atoms with Gasteiger partial charge in [0.05, 0.1) is 16.8 Å². The number of aromatic nitrogens is 1. The van der Waals surface area contributed by atoms with E-state index in [1.165, 1.54) is 12.1 Å². The number of anilines is 1. The number of nitrogens with one attached hydrogen (secondary N) is 2. The molecule has 0 atom stereocenters. The average Bonchev–Trinajstić information content (AvgIpc) is 3.41. The topological polar surface area (TPSA) is 54.0 Å². The van der Waals surface area contributed by atoms with E-state index in [2.05, 4.69) is 15.0 Å². The standard InChI is InChI=1S/C23H15F2N3OS2/c24-16-3-4-22(19(25)9-16)31-28-17-7-15(10-26-12-17)21-6-5-20(30-21)13-1-2-14-11-27-23(29)18(14)8-13/h1-10,12,28H,11H2,(H,27,29). The molecule has 2 aromatic heterocycles. The largest absolute Gasteiger partial charge is 0.348 e. The summed E-state index contributed by atoms with van der Waals surface area (Å²) in [5.41, 5.74) is 4.36. The molecule has 1 amide bonds. The predicted molar refractivity (Wildman–Crippen MR) is 120 cm³/mol. The van der Waals surface area contributed by atoms with Crippen LogP contribution in [0.25, 0.3) is 20.9 Å². The van der Waals surface area contributed by atoms with Crippen molar-refractivity contribution in [3.8, 4) is 20.9 Å². The quantitative estimate of drug-likeness (QED) is 0.359. The molecular formula is C23H15F2N3OS2. The molecule has 1 aliphatic rings. The first-order valence-electron chi connectivity index (χ1n) is 9.41. The molecular weight excluding hydrogens is 436 g/mol. The van der Waals surface area contributed by atoms with Crippen LogP contribution in [0.2, 0.25) is 0 Å². The molecule has 31 heavy (non-hydrogen) atoms. The van der Waals surface area contributed by atoms with Gasteiger partial charge in [0.2, 0.25) is 0 Å². The number of amides is 1. The lowest BCUT2D eigenvalue weighted by molar-refractivity contribution is 0.0966. The van der Waals surface area contributed by atoms with Crippen molar-refractivity contribution in [3.63, 3.8) is 0 Å². The van der Waals surface area contributed by atoms with E-state index >= 15 is 0 Å². The molecule has 0 aliphatic carbocycles. The lowest BCUT2D eigenvalue weighted by Crippen LogP contribution is -2.12. The molecule has 8 heteroatoms. The lowest BCUT2D eigenvalue weighted by atomic mass is 10.1. The summed E-state index contributed by atoms with van der Waals surface area (Å²) in [4.78, 5) is 18.6. The van der Waals surface area contributed by atoms with Gasteiger partial charge in [-0.1, -0.05) is 12.1 Å². The van der Waals surface area contributed by atoms with Gasteiger partial charge >= 0.3 is 0 Å². The van der Waals surface area contributed by atoms with E-state index in [0.29, 0.717) is 17.1 Å². The van der Waals surface area contributed by atoms with E-state index in [4.69, 9.17) is 0 Å². The summed E-state index contributed by atoms with van der Waals surface area (Å²) in [5.74, 6) is -1.26. The second kappa shape index (κ2) is 8.13. The normalized spacial score (nSPS) is 12.5. The van der Waals surface area contributed by atoms with Crippen molar-refractivity contribution in [2.24, 2.45) is 0 Å². The minimum Gasteiger partial charge on any atom is -0.348 e. The average molecular weight is 452 g/mol. The highest BCUT2D eigenvalue weighted by molar-refractivity contribution is 8.00. The molecule has 0 fully saturated rings. The van der Waals surface area contributed by atoms with Crippen LogP contribution in [-0.4, -0.2) is 10.9 Å². The number of benzene rings is 2. The zero-order valence-electron chi connectivity index (χ0n) is 16.0. The molecule has 4 nitrogen and oxygen atoms in total. The molecule has 154 valence electrons. The second-order valence-electron chi connectivity index (χ2n) is 6.96. The third-order valence-corrected chi connectivity index (χ3v) is 6.95. The van der Waals surface area contributed by atoms with Crippen LogP contribution in [0.15, 0.2) is 71.9 Å². The van der Waals surface area contributed by atoms with E-state index in [1.54, 1.807) is 23.7 Å². The van der Waals surface area contributed by atoms with Crippen LogP contribution in [0, 0.1) is 11.6 Å². The van der Waals surface area contributed by atoms with Gasteiger partial charge in [0.1, 0.15) is 11.6 Å². The van der Waals surface area contributed by atoms with Gasteiger partial charge in [0, 0.05) is 39.7 Å². The summed E-state index contributed by atoms with van der Waals surface area (Å²) in [6.45, 7) is 0.579. The molecule has 0 unspecified atom stereocenters. The Bertz CT molecular complexity index is 1310. The number of carbonyl (C=O) groups is 1. The fourth-order valence-electron chi connectivity index (χ4n) is 3.32. The number of fused-ring (bicyclic) bond motifs is 1. The van der Waals surface area contributed by atoms with Crippen LogP contribution in [-0.2, 0) is 6.54 Å². The number of hydrogen-bond donors (Lipinski definition) is 2. The number of thiophene rings is 1. The van der Waals surface area contributed by atoms with Crippen LogP contribution in [0.5, 0.6) is 0 Å². The second-order valence-corrected chi connectivity index (χ2v) is 8.89. The number of nitrogens with zero attached hydrogens (tertiary/aromatic N) is 1. The van der Waals surface area contributed by atoms with Crippen LogP contribution in [0.3, 0.4) is 0 Å². The van der Waals surface area contributed by atoms with E-state index < -0.39 is 11.6 Å². The van der Waals surface area contributed by atoms with Crippen molar-refractivity contribution in [2.75, 3.05) is 4.72 Å². The Kier molecular flexibility index (Phi) is 5.17. The van der Waals surface area contributed by atoms with Gasteiger partial charge in [-0.2, -0.15) is 0 Å². The van der Waals surface area contributed by atoms with Crippen molar-refractivity contribution in [1.82, 2.24) is 10.3 Å². The minimum atomic E-state index is -0.618. The van der Waals surface area contributed by atoms with Crippen LogP contribution in [0.1, 0.15) is 15.9 Å². The Labute approximate surface area is 185 Å². The third kappa shape index (κ3) is 4.04. The Balaban J connectivity index is 1.35. The summed E-state index contributed by atoms with van der Waals surface area (Å²) in [7, 11) is 0. The summed E-state index contributed by atoms with van der Waals surface area (Å²) in [6, 6.07) is 15.4. The Morgan fingerprint density at radius 1 is 0.968 bits per heavy atom. The molecule has 0 spiro atoms. The van der Waals surface area contributed by atoms with Gasteiger partial charge in [0.15, 0.2) is 0 Å². The van der Waals surface area contributed by atoms with E-state index in [-0.39, 0.29) is 5.91 Å². The van der Waals surface area contributed by atoms with Crippen molar-refractivity contribution in [2.45, 2.75) is 11.4 Å². The van der Waals surface area contributed by atoms with Gasteiger partial charge in [0.25, 0.3) is 5.91 Å². The van der Waals surface area contributed by atoms with Crippen LogP contribution in [0.4, 0.5) is 14.5 Å². The predicted octanol–water partition coefficient (Wildman–Crippen LogP) is 6.12. The molecule has 2 aromatic carbocycles. The first-order valence-corrected chi connectivity index (χ1v) is 11.0. The van der Waals surface area contributed by atoms with E-state index in [1.807, 2.05) is 36.4 Å². The lowest BCUT2D eigenvalue weighted by Gasteiger charge is -2.07. The summed E-state index contributed by atoms with van der Waals surface area (Å²) in [5, 5.41) is 2.84. The Morgan fingerprint density at radius 2 is 1.81 bits per heavy atom.